The molecular weight excluding hydrogens is 521 g/mol. The van der Waals surface area contributed by atoms with Gasteiger partial charge in [0.1, 0.15) is 5.75 Å². The summed E-state index contributed by atoms with van der Waals surface area (Å²) in [4.78, 5) is 35.1. The van der Waals surface area contributed by atoms with Crippen molar-refractivity contribution in [2.24, 2.45) is 0 Å². The molecule has 2 aromatic carbocycles. The highest BCUT2D eigenvalue weighted by atomic mass is 35.5. The number of benzene rings is 2. The Kier molecular flexibility index (Phi) is 12.8. The van der Waals surface area contributed by atoms with Crippen LogP contribution in [0.4, 0.5) is 5.69 Å². The van der Waals surface area contributed by atoms with Crippen molar-refractivity contribution in [2.45, 2.75) is 12.8 Å². The van der Waals surface area contributed by atoms with Crippen molar-refractivity contribution in [3.05, 3.63) is 64.1 Å². The molecule has 0 saturated carbocycles. The van der Waals surface area contributed by atoms with E-state index < -0.39 is 11.9 Å². The molecule has 37 heavy (non-hydrogen) atoms. The molecule has 1 fully saturated rings. The minimum atomic E-state index is -1.82. The van der Waals surface area contributed by atoms with Gasteiger partial charge < -0.3 is 25.2 Å². The first kappa shape index (κ1) is 30.0. The summed E-state index contributed by atoms with van der Waals surface area (Å²) in [6.07, 6.45) is 5.22. The number of methoxy groups -OCH3 is 1. The molecule has 3 rings (SSSR count). The predicted octanol–water partition coefficient (Wildman–Crippen LogP) is 3.89. The lowest BCUT2D eigenvalue weighted by Crippen LogP contribution is -2.46. The van der Waals surface area contributed by atoms with Crippen LogP contribution in [0.5, 0.6) is 5.75 Å². The summed E-state index contributed by atoms with van der Waals surface area (Å²) in [6, 6.07) is 13.4. The van der Waals surface area contributed by atoms with Crippen molar-refractivity contribution in [3.8, 4) is 5.75 Å². The van der Waals surface area contributed by atoms with Crippen molar-refractivity contribution in [1.29, 1.82) is 0 Å². The number of rotatable bonds is 9. The van der Waals surface area contributed by atoms with Gasteiger partial charge in [-0.05, 0) is 55.3 Å². The third-order valence-electron chi connectivity index (χ3n) is 5.56. The lowest BCUT2D eigenvalue weighted by Gasteiger charge is -2.36. The van der Waals surface area contributed by atoms with Crippen LogP contribution in [0.2, 0.25) is 10.0 Å². The second-order valence-electron chi connectivity index (χ2n) is 8.11. The molecule has 200 valence electrons. The Morgan fingerprint density at radius 3 is 2.30 bits per heavy atom. The first-order valence-electron chi connectivity index (χ1n) is 11.7. The Labute approximate surface area is 226 Å². The van der Waals surface area contributed by atoms with Crippen LogP contribution in [-0.2, 0) is 14.4 Å². The number of hydrogen-bond acceptors (Lipinski definition) is 6. The number of nitrogens with one attached hydrogen (secondary N) is 1. The van der Waals surface area contributed by atoms with E-state index in [2.05, 4.69) is 27.2 Å². The number of carboxylic acids is 2. The lowest BCUT2D eigenvalue weighted by molar-refractivity contribution is -0.159. The van der Waals surface area contributed by atoms with Gasteiger partial charge in [0.25, 0.3) is 0 Å². The SMILES string of the molecule is COc1ccccc1N1CCN(CCCCNC(=O)/C=C/c2ccc(Cl)cc2Cl)CC1.O=C(O)C(=O)O. The third-order valence-corrected chi connectivity index (χ3v) is 6.12. The van der Waals surface area contributed by atoms with Gasteiger partial charge in [0.2, 0.25) is 5.91 Å². The van der Waals surface area contributed by atoms with Crippen molar-refractivity contribution in [1.82, 2.24) is 10.2 Å². The molecule has 3 N–H and O–H groups in total. The molecule has 0 unspecified atom stereocenters. The zero-order chi connectivity index (χ0) is 27.2. The third kappa shape index (κ3) is 10.7. The molecule has 0 spiro atoms. The Morgan fingerprint density at radius 1 is 1.00 bits per heavy atom. The van der Waals surface area contributed by atoms with Crippen LogP contribution >= 0.6 is 23.2 Å². The molecular formula is C26H31Cl2N3O6. The number of carbonyl (C=O) groups excluding carboxylic acids is 1. The Balaban J connectivity index is 0.000000717. The monoisotopic (exact) mass is 551 g/mol. The topological polar surface area (TPSA) is 119 Å². The van der Waals surface area contributed by atoms with Gasteiger partial charge in [-0.2, -0.15) is 0 Å². The first-order valence-corrected chi connectivity index (χ1v) is 12.4. The number of aliphatic carboxylic acids is 2. The molecule has 1 aliphatic heterocycles. The first-order chi connectivity index (χ1) is 17.7. The van der Waals surface area contributed by atoms with E-state index in [9.17, 15) is 4.79 Å². The summed E-state index contributed by atoms with van der Waals surface area (Å²) in [5, 5.41) is 18.8. The fourth-order valence-corrected chi connectivity index (χ4v) is 4.11. The van der Waals surface area contributed by atoms with E-state index in [0.717, 1.165) is 56.9 Å². The van der Waals surface area contributed by atoms with Gasteiger partial charge in [-0.3, -0.25) is 9.69 Å². The average Bonchev–Trinajstić information content (AvgIpc) is 2.88. The van der Waals surface area contributed by atoms with Crippen molar-refractivity contribution in [2.75, 3.05) is 51.3 Å². The van der Waals surface area contributed by atoms with Gasteiger partial charge in [-0.15, -0.1) is 0 Å². The number of carbonyl (C=O) groups is 3. The zero-order valence-electron chi connectivity index (χ0n) is 20.5. The Hall–Kier alpha value is -3.27. The molecule has 0 aromatic heterocycles. The van der Waals surface area contributed by atoms with Crippen LogP contribution in [0.3, 0.4) is 0 Å². The second-order valence-corrected chi connectivity index (χ2v) is 8.95. The molecule has 0 atom stereocenters. The number of ether oxygens (including phenoxy) is 1. The molecule has 1 heterocycles. The molecule has 2 aromatic rings. The Bertz CT molecular complexity index is 1080. The molecule has 0 radical (unpaired) electrons. The van der Waals surface area contributed by atoms with Gasteiger partial charge in [0, 0.05) is 48.8 Å². The van der Waals surface area contributed by atoms with Crippen LogP contribution in [0.1, 0.15) is 18.4 Å². The smallest absolute Gasteiger partial charge is 0.414 e. The number of para-hydroxylation sites is 2. The van der Waals surface area contributed by atoms with E-state index in [4.69, 9.17) is 47.7 Å². The van der Waals surface area contributed by atoms with Crippen molar-refractivity contribution < 1.29 is 29.3 Å². The van der Waals surface area contributed by atoms with Gasteiger partial charge in [-0.25, -0.2) is 9.59 Å². The van der Waals surface area contributed by atoms with Crippen LogP contribution < -0.4 is 15.0 Å². The summed E-state index contributed by atoms with van der Waals surface area (Å²) >= 11 is 12.0. The quantitative estimate of drug-likeness (QED) is 0.244. The lowest BCUT2D eigenvalue weighted by atomic mass is 10.2. The van der Waals surface area contributed by atoms with E-state index in [1.165, 1.54) is 11.8 Å². The molecule has 1 amide bonds. The normalized spacial score (nSPS) is 13.5. The number of amides is 1. The van der Waals surface area contributed by atoms with Crippen LogP contribution in [0, 0.1) is 0 Å². The standard InChI is InChI=1S/C24H29Cl2N3O2.C2H2O4/c1-31-23-7-3-2-6-22(23)29-16-14-28(15-17-29)13-5-4-12-27-24(30)11-9-19-8-10-20(25)18-21(19)26;3-1(4)2(5)6/h2-3,6-11,18H,4-5,12-17H2,1H3,(H,27,30);(H,3,4)(H,5,6)/b11-9+;. The van der Waals surface area contributed by atoms with E-state index in [0.29, 0.717) is 16.6 Å². The molecule has 0 aliphatic carbocycles. The molecule has 9 nitrogen and oxygen atoms in total. The molecule has 1 saturated heterocycles. The maximum absolute atomic E-state index is 12.0. The molecule has 1 aliphatic rings. The predicted molar refractivity (Wildman–Crippen MR) is 145 cm³/mol. The minimum Gasteiger partial charge on any atom is -0.495 e. The largest absolute Gasteiger partial charge is 0.495 e. The van der Waals surface area contributed by atoms with Gasteiger partial charge in [0.15, 0.2) is 0 Å². The molecule has 0 bridgehead atoms. The van der Waals surface area contributed by atoms with Gasteiger partial charge in [0.05, 0.1) is 12.8 Å². The summed E-state index contributed by atoms with van der Waals surface area (Å²) < 4.78 is 5.48. The van der Waals surface area contributed by atoms with E-state index >= 15 is 0 Å². The highest BCUT2D eigenvalue weighted by Gasteiger charge is 2.19. The number of piperazine rings is 1. The van der Waals surface area contributed by atoms with Crippen LogP contribution in [0.25, 0.3) is 6.08 Å². The maximum Gasteiger partial charge on any atom is 0.414 e. The van der Waals surface area contributed by atoms with Crippen molar-refractivity contribution >= 4 is 52.8 Å². The van der Waals surface area contributed by atoms with Crippen LogP contribution in [-0.4, -0.2) is 79.3 Å². The minimum absolute atomic E-state index is 0.114. The van der Waals surface area contributed by atoms with Crippen LogP contribution in [0.15, 0.2) is 48.5 Å². The Morgan fingerprint density at radius 2 is 1.68 bits per heavy atom. The maximum atomic E-state index is 12.0. The highest BCUT2D eigenvalue weighted by molar-refractivity contribution is 6.35. The summed E-state index contributed by atoms with van der Waals surface area (Å²) in [6.45, 7) is 5.78. The number of hydrogen-bond donors (Lipinski definition) is 3. The van der Waals surface area contributed by atoms with Crippen molar-refractivity contribution in [3.63, 3.8) is 0 Å². The fourth-order valence-electron chi connectivity index (χ4n) is 3.64. The summed E-state index contributed by atoms with van der Waals surface area (Å²) in [5.74, 6) is -2.83. The van der Waals surface area contributed by atoms with Gasteiger partial charge in [-0.1, -0.05) is 41.4 Å². The number of nitrogens with zero attached hydrogens (tertiary/aromatic N) is 2. The summed E-state index contributed by atoms with van der Waals surface area (Å²) in [7, 11) is 1.72. The fraction of sp³-hybridized carbons (Fsp3) is 0.346. The van der Waals surface area contributed by atoms with E-state index in [1.54, 1.807) is 31.4 Å². The average molecular weight is 552 g/mol. The van der Waals surface area contributed by atoms with E-state index in [-0.39, 0.29) is 5.91 Å². The van der Waals surface area contributed by atoms with Gasteiger partial charge >= 0.3 is 11.9 Å². The zero-order valence-corrected chi connectivity index (χ0v) is 22.0. The number of carboxylic acid groups (broad SMARTS) is 2. The second kappa shape index (κ2) is 15.8. The number of halogens is 2. The van der Waals surface area contributed by atoms with E-state index in [1.807, 2.05) is 12.1 Å². The number of unbranched alkanes of at least 4 members (excludes halogenated alkanes) is 1. The number of anilines is 1. The summed E-state index contributed by atoms with van der Waals surface area (Å²) in [5.41, 5.74) is 1.94. The highest BCUT2D eigenvalue weighted by Crippen LogP contribution is 2.28. The molecule has 11 heteroatoms.